The van der Waals surface area contributed by atoms with Crippen molar-refractivity contribution in [1.29, 1.82) is 0 Å². The molecule has 0 aliphatic carbocycles. The first-order valence-electron chi connectivity index (χ1n) is 7.62. The van der Waals surface area contributed by atoms with E-state index in [1.165, 1.54) is 16.8 Å². The number of ether oxygens (including phenoxy) is 1. The molecular weight excluding hydrogens is 332 g/mol. The first-order chi connectivity index (χ1) is 12.1. The fraction of sp³-hybridized carbons (Fsp3) is 0.429. The number of carbonyl (C=O) groups is 1. The molecule has 11 heteroatoms. The minimum atomic E-state index is -0.754. The number of nitro groups is 1. The Morgan fingerprint density at radius 1 is 1.48 bits per heavy atom. The predicted octanol–water partition coefficient (Wildman–Crippen LogP) is 0.752. The van der Waals surface area contributed by atoms with E-state index in [2.05, 4.69) is 20.8 Å². The number of aromatic nitrogens is 4. The topological polar surface area (TPSA) is 145 Å². The zero-order valence-corrected chi connectivity index (χ0v) is 13.6. The molecule has 0 bridgehead atoms. The van der Waals surface area contributed by atoms with Gasteiger partial charge in [-0.1, -0.05) is 6.92 Å². The number of carbonyl (C=O) groups excluding carboxylic acids is 1. The highest BCUT2D eigenvalue weighted by atomic mass is 16.6. The van der Waals surface area contributed by atoms with Crippen LogP contribution in [0, 0.1) is 10.1 Å². The van der Waals surface area contributed by atoms with E-state index < -0.39 is 10.9 Å². The number of non-ortho nitro benzene ring substituents is 1. The maximum atomic E-state index is 12.3. The average molecular weight is 350 g/mol. The number of hydrogen-bond acceptors (Lipinski definition) is 9. The Balaban J connectivity index is 2.16. The quantitative estimate of drug-likeness (QED) is 0.380. The molecule has 0 unspecified atom stereocenters. The zero-order valence-electron chi connectivity index (χ0n) is 13.6. The summed E-state index contributed by atoms with van der Waals surface area (Å²) in [5, 5.41) is 33.7. The fourth-order valence-electron chi connectivity index (χ4n) is 2.08. The second-order valence-electron chi connectivity index (χ2n) is 5.03. The van der Waals surface area contributed by atoms with Gasteiger partial charge in [-0.2, -0.15) is 0 Å². The summed E-state index contributed by atoms with van der Waals surface area (Å²) in [6.45, 7) is 2.41. The van der Waals surface area contributed by atoms with Gasteiger partial charge in [-0.05, 0) is 22.9 Å². The van der Waals surface area contributed by atoms with E-state index in [1.54, 1.807) is 0 Å². The number of benzene rings is 1. The van der Waals surface area contributed by atoms with Gasteiger partial charge in [-0.25, -0.2) is 9.48 Å². The van der Waals surface area contributed by atoms with E-state index in [0.717, 1.165) is 12.5 Å². The molecule has 0 saturated carbocycles. The van der Waals surface area contributed by atoms with Gasteiger partial charge in [0, 0.05) is 30.9 Å². The van der Waals surface area contributed by atoms with E-state index in [9.17, 15) is 14.9 Å². The second-order valence-corrected chi connectivity index (χ2v) is 5.03. The van der Waals surface area contributed by atoms with Crippen LogP contribution >= 0.6 is 0 Å². The standard InChI is InChI=1S/C14H18N6O5/c1-2-6-19-13(16-17-18-19)9-25-14(22)11-8-10(20(23)24)3-4-12(11)15-5-7-21/h3-4,8,15,21H,2,5-7,9H2,1H3. The van der Waals surface area contributed by atoms with Crippen LogP contribution in [-0.2, 0) is 17.9 Å². The van der Waals surface area contributed by atoms with Crippen molar-refractivity contribution in [2.45, 2.75) is 26.5 Å². The summed E-state index contributed by atoms with van der Waals surface area (Å²) in [5.74, 6) is -0.374. The molecule has 2 aromatic rings. The molecule has 2 rings (SSSR count). The van der Waals surface area contributed by atoms with Gasteiger partial charge < -0.3 is 15.2 Å². The van der Waals surface area contributed by atoms with Crippen LogP contribution in [0.5, 0.6) is 0 Å². The lowest BCUT2D eigenvalue weighted by Crippen LogP contribution is -2.14. The third-order valence-electron chi connectivity index (χ3n) is 3.23. The van der Waals surface area contributed by atoms with Crippen LogP contribution in [0.4, 0.5) is 11.4 Å². The maximum absolute atomic E-state index is 12.3. The Morgan fingerprint density at radius 3 is 2.96 bits per heavy atom. The largest absolute Gasteiger partial charge is 0.454 e. The minimum Gasteiger partial charge on any atom is -0.454 e. The molecule has 25 heavy (non-hydrogen) atoms. The van der Waals surface area contributed by atoms with Gasteiger partial charge in [0.2, 0.25) is 0 Å². The SMILES string of the molecule is CCCn1nnnc1COC(=O)c1cc([N+](=O)[O-])ccc1NCCO. The molecule has 0 spiro atoms. The lowest BCUT2D eigenvalue weighted by Gasteiger charge is -2.11. The van der Waals surface area contributed by atoms with Gasteiger partial charge in [0.05, 0.1) is 17.1 Å². The summed E-state index contributed by atoms with van der Waals surface area (Å²) in [4.78, 5) is 22.7. The molecule has 1 aromatic carbocycles. The highest BCUT2D eigenvalue weighted by Crippen LogP contribution is 2.23. The van der Waals surface area contributed by atoms with Crippen LogP contribution in [0.3, 0.4) is 0 Å². The molecule has 11 nitrogen and oxygen atoms in total. The number of esters is 1. The van der Waals surface area contributed by atoms with Crippen molar-refractivity contribution in [2.24, 2.45) is 0 Å². The van der Waals surface area contributed by atoms with Gasteiger partial charge in [-0.3, -0.25) is 10.1 Å². The fourth-order valence-corrected chi connectivity index (χ4v) is 2.08. The van der Waals surface area contributed by atoms with Crippen LogP contribution in [0.2, 0.25) is 0 Å². The van der Waals surface area contributed by atoms with Crippen molar-refractivity contribution in [1.82, 2.24) is 20.2 Å². The Hall–Kier alpha value is -3.08. The molecule has 0 fully saturated rings. The van der Waals surface area contributed by atoms with Gasteiger partial charge in [-0.15, -0.1) is 5.10 Å². The van der Waals surface area contributed by atoms with Gasteiger partial charge in [0.25, 0.3) is 5.69 Å². The van der Waals surface area contributed by atoms with Crippen LogP contribution < -0.4 is 5.32 Å². The normalized spacial score (nSPS) is 10.5. The number of rotatable bonds is 9. The first kappa shape index (κ1) is 18.3. The molecule has 0 saturated heterocycles. The van der Waals surface area contributed by atoms with E-state index in [-0.39, 0.29) is 31.0 Å². The number of aryl methyl sites for hydroxylation is 1. The zero-order chi connectivity index (χ0) is 18.2. The number of aliphatic hydroxyl groups excluding tert-OH is 1. The molecule has 0 radical (unpaired) electrons. The van der Waals surface area contributed by atoms with E-state index in [0.29, 0.717) is 18.1 Å². The molecule has 1 aromatic heterocycles. The maximum Gasteiger partial charge on any atom is 0.340 e. The van der Waals surface area contributed by atoms with Crippen LogP contribution in [-0.4, -0.2) is 49.4 Å². The monoisotopic (exact) mass is 350 g/mol. The molecule has 0 aliphatic rings. The highest BCUT2D eigenvalue weighted by molar-refractivity contribution is 5.96. The number of anilines is 1. The molecule has 134 valence electrons. The van der Waals surface area contributed by atoms with Crippen molar-refractivity contribution in [2.75, 3.05) is 18.5 Å². The second kappa shape index (κ2) is 8.68. The Labute approximate surface area is 142 Å². The lowest BCUT2D eigenvalue weighted by atomic mass is 10.1. The van der Waals surface area contributed by atoms with E-state index in [1.807, 2.05) is 6.92 Å². The summed E-state index contributed by atoms with van der Waals surface area (Å²) in [6, 6.07) is 3.78. The lowest BCUT2D eigenvalue weighted by molar-refractivity contribution is -0.384. The number of nitrogens with zero attached hydrogens (tertiary/aromatic N) is 5. The summed E-state index contributed by atoms with van der Waals surface area (Å²) in [5.41, 5.74) is 0.0901. The number of nitro benzene ring substituents is 1. The highest BCUT2D eigenvalue weighted by Gasteiger charge is 2.19. The third-order valence-corrected chi connectivity index (χ3v) is 3.23. The Bertz CT molecular complexity index is 747. The summed E-state index contributed by atoms with van der Waals surface area (Å²) < 4.78 is 6.71. The molecule has 0 amide bonds. The number of aliphatic hydroxyl groups is 1. The van der Waals surface area contributed by atoms with Crippen molar-refractivity contribution in [3.63, 3.8) is 0 Å². The van der Waals surface area contributed by atoms with Crippen molar-refractivity contribution >= 4 is 17.3 Å². The van der Waals surface area contributed by atoms with E-state index in [4.69, 9.17) is 9.84 Å². The van der Waals surface area contributed by atoms with Crippen LogP contribution in [0.1, 0.15) is 29.5 Å². The third kappa shape index (κ3) is 4.70. The van der Waals surface area contributed by atoms with Gasteiger partial charge >= 0.3 is 5.97 Å². The molecule has 1 heterocycles. The number of hydrogen-bond donors (Lipinski definition) is 2. The van der Waals surface area contributed by atoms with Gasteiger partial charge in [0.15, 0.2) is 12.4 Å². The Kier molecular flexibility index (Phi) is 6.34. The van der Waals surface area contributed by atoms with Crippen molar-refractivity contribution in [3.05, 3.63) is 39.7 Å². The number of nitrogens with one attached hydrogen (secondary N) is 1. The van der Waals surface area contributed by atoms with Crippen molar-refractivity contribution in [3.8, 4) is 0 Å². The molecule has 0 aliphatic heterocycles. The first-order valence-corrected chi connectivity index (χ1v) is 7.62. The van der Waals surface area contributed by atoms with Gasteiger partial charge in [0.1, 0.15) is 0 Å². The van der Waals surface area contributed by atoms with Crippen LogP contribution in [0.15, 0.2) is 18.2 Å². The van der Waals surface area contributed by atoms with Crippen molar-refractivity contribution < 1.29 is 19.6 Å². The smallest absolute Gasteiger partial charge is 0.340 e. The molecular formula is C14H18N6O5. The summed E-state index contributed by atoms with van der Waals surface area (Å²) in [7, 11) is 0. The predicted molar refractivity (Wildman–Crippen MR) is 85.9 cm³/mol. The minimum absolute atomic E-state index is 0.00262. The summed E-state index contributed by atoms with van der Waals surface area (Å²) >= 11 is 0. The Morgan fingerprint density at radius 2 is 2.28 bits per heavy atom. The average Bonchev–Trinajstić information content (AvgIpc) is 3.05. The molecule has 2 N–H and O–H groups in total. The van der Waals surface area contributed by atoms with Crippen LogP contribution in [0.25, 0.3) is 0 Å². The molecule has 0 atom stereocenters. The summed E-state index contributed by atoms with van der Waals surface area (Å²) in [6.07, 6.45) is 0.812. The van der Waals surface area contributed by atoms with E-state index >= 15 is 0 Å². The number of tetrazole rings is 1.